The second kappa shape index (κ2) is 8.28. The van der Waals surface area contributed by atoms with Crippen molar-refractivity contribution in [3.8, 4) is 5.82 Å². The van der Waals surface area contributed by atoms with Crippen molar-refractivity contribution in [2.75, 3.05) is 0 Å². The lowest BCUT2D eigenvalue weighted by molar-refractivity contribution is 0.0946. The first-order valence-corrected chi connectivity index (χ1v) is 9.32. The van der Waals surface area contributed by atoms with Gasteiger partial charge >= 0.3 is 0 Å². The van der Waals surface area contributed by atoms with Crippen LogP contribution in [0.2, 0.25) is 5.02 Å². The predicted molar refractivity (Wildman–Crippen MR) is 107 cm³/mol. The van der Waals surface area contributed by atoms with Gasteiger partial charge in [-0.2, -0.15) is 0 Å². The van der Waals surface area contributed by atoms with Crippen LogP contribution >= 0.6 is 11.6 Å². The summed E-state index contributed by atoms with van der Waals surface area (Å²) in [5, 5.41) is 11.7. The molecule has 0 aliphatic heterocycles. The highest BCUT2D eigenvalue weighted by Gasteiger charge is 2.21. The summed E-state index contributed by atoms with van der Waals surface area (Å²) in [6.45, 7) is 0.664. The van der Waals surface area contributed by atoms with E-state index >= 15 is 0 Å². The zero-order valence-corrected chi connectivity index (χ0v) is 16.1. The molecule has 6 nitrogen and oxygen atoms in total. The molecule has 1 N–H and O–H groups in total. The van der Waals surface area contributed by atoms with Crippen LogP contribution in [0.5, 0.6) is 0 Å². The average Bonchev–Trinajstić information content (AvgIpc) is 3.37. The fourth-order valence-corrected chi connectivity index (χ4v) is 3.18. The van der Waals surface area contributed by atoms with E-state index in [1.807, 2.05) is 42.7 Å². The molecule has 0 fully saturated rings. The van der Waals surface area contributed by atoms with Gasteiger partial charge in [0.05, 0.1) is 6.54 Å². The highest BCUT2D eigenvalue weighted by atomic mass is 35.5. The molecule has 1 amide bonds. The van der Waals surface area contributed by atoms with Crippen LogP contribution in [0.4, 0.5) is 4.39 Å². The van der Waals surface area contributed by atoms with Crippen molar-refractivity contribution in [3.05, 3.63) is 101 Å². The molecule has 2 aromatic heterocycles. The Morgan fingerprint density at radius 2 is 1.79 bits per heavy atom. The number of hydrogen-bond donors (Lipinski definition) is 1. The first kappa shape index (κ1) is 18.9. The molecule has 8 heteroatoms. The van der Waals surface area contributed by atoms with Crippen LogP contribution in [-0.2, 0) is 13.1 Å². The van der Waals surface area contributed by atoms with Crippen LogP contribution in [0.3, 0.4) is 0 Å². The Morgan fingerprint density at radius 3 is 2.52 bits per heavy atom. The summed E-state index contributed by atoms with van der Waals surface area (Å²) in [6, 6.07) is 17.1. The Bertz CT molecular complexity index is 1120. The summed E-state index contributed by atoms with van der Waals surface area (Å²) in [6.07, 6.45) is 3.65. The van der Waals surface area contributed by atoms with E-state index in [2.05, 4.69) is 15.6 Å². The molecule has 0 saturated carbocycles. The van der Waals surface area contributed by atoms with Gasteiger partial charge in [-0.05, 0) is 47.5 Å². The fraction of sp³-hybridized carbons (Fsp3) is 0.0952. The molecule has 0 aliphatic rings. The van der Waals surface area contributed by atoms with Crippen LogP contribution in [0.1, 0.15) is 21.6 Å². The molecule has 0 unspecified atom stereocenters. The number of aromatic nitrogens is 4. The zero-order valence-electron chi connectivity index (χ0n) is 15.3. The van der Waals surface area contributed by atoms with E-state index in [9.17, 15) is 9.18 Å². The summed E-state index contributed by atoms with van der Waals surface area (Å²) >= 11 is 6.08. The molecule has 0 saturated heterocycles. The van der Waals surface area contributed by atoms with Gasteiger partial charge < -0.3 is 9.88 Å². The molecular weight excluding hydrogens is 393 g/mol. The smallest absolute Gasteiger partial charge is 0.276 e. The normalized spacial score (nSPS) is 10.8. The summed E-state index contributed by atoms with van der Waals surface area (Å²) in [7, 11) is 0. The third-order valence-corrected chi connectivity index (χ3v) is 4.60. The highest BCUT2D eigenvalue weighted by molar-refractivity contribution is 6.30. The SMILES string of the molecule is O=C(NCc1ccc(F)cc1)c1nnn(Cc2cccc(Cl)c2)c1-n1cccc1. The zero-order chi connectivity index (χ0) is 20.2. The number of amides is 1. The van der Waals surface area contributed by atoms with Gasteiger partial charge in [-0.1, -0.05) is 41.1 Å². The molecule has 0 radical (unpaired) electrons. The fourth-order valence-electron chi connectivity index (χ4n) is 2.97. The summed E-state index contributed by atoms with van der Waals surface area (Å²) in [5.74, 6) is -0.138. The van der Waals surface area contributed by atoms with E-state index in [-0.39, 0.29) is 24.0 Å². The Balaban J connectivity index is 1.60. The first-order valence-electron chi connectivity index (χ1n) is 8.94. The standard InChI is InChI=1S/C21H17ClFN5O/c22-17-5-3-4-16(12-17)14-28-21(27-10-1-2-11-27)19(25-26-28)20(29)24-13-15-6-8-18(23)9-7-15/h1-12H,13-14H2,(H,24,29). The topological polar surface area (TPSA) is 64.7 Å². The van der Waals surface area contributed by atoms with Gasteiger partial charge in [-0.25, -0.2) is 9.07 Å². The quantitative estimate of drug-likeness (QED) is 0.526. The van der Waals surface area contributed by atoms with Crippen molar-refractivity contribution in [1.82, 2.24) is 24.9 Å². The van der Waals surface area contributed by atoms with E-state index in [1.165, 1.54) is 12.1 Å². The van der Waals surface area contributed by atoms with E-state index in [0.29, 0.717) is 17.4 Å². The number of rotatable bonds is 6. The minimum absolute atomic E-state index is 0.199. The molecule has 146 valence electrons. The maximum atomic E-state index is 13.0. The van der Waals surface area contributed by atoms with Crippen molar-refractivity contribution >= 4 is 17.5 Å². The van der Waals surface area contributed by atoms with Crippen molar-refractivity contribution in [2.45, 2.75) is 13.1 Å². The molecule has 4 aromatic rings. The van der Waals surface area contributed by atoms with Crippen LogP contribution in [-0.4, -0.2) is 25.5 Å². The maximum absolute atomic E-state index is 13.0. The number of carbonyl (C=O) groups excluding carboxylic acids is 1. The number of carbonyl (C=O) groups is 1. The number of hydrogen-bond acceptors (Lipinski definition) is 3. The number of benzene rings is 2. The van der Waals surface area contributed by atoms with Crippen molar-refractivity contribution in [2.24, 2.45) is 0 Å². The third-order valence-electron chi connectivity index (χ3n) is 4.36. The molecule has 29 heavy (non-hydrogen) atoms. The Hall–Kier alpha value is -3.45. The summed E-state index contributed by atoms with van der Waals surface area (Å²) in [4.78, 5) is 12.8. The first-order chi connectivity index (χ1) is 14.1. The van der Waals surface area contributed by atoms with Gasteiger partial charge in [0.2, 0.25) is 0 Å². The number of nitrogens with one attached hydrogen (secondary N) is 1. The lowest BCUT2D eigenvalue weighted by atomic mass is 10.2. The van der Waals surface area contributed by atoms with Gasteiger partial charge in [0, 0.05) is 24.0 Å². The minimum atomic E-state index is -0.365. The average molecular weight is 410 g/mol. The monoisotopic (exact) mass is 409 g/mol. The molecule has 0 bridgehead atoms. The van der Waals surface area contributed by atoms with Gasteiger partial charge in [-0.15, -0.1) is 5.10 Å². The molecule has 2 aromatic carbocycles. The van der Waals surface area contributed by atoms with Crippen LogP contribution in [0.15, 0.2) is 73.1 Å². The minimum Gasteiger partial charge on any atom is -0.346 e. The summed E-state index contributed by atoms with van der Waals surface area (Å²) in [5.41, 5.74) is 1.92. The second-order valence-corrected chi connectivity index (χ2v) is 6.89. The molecule has 0 atom stereocenters. The number of nitrogens with zero attached hydrogens (tertiary/aromatic N) is 4. The third kappa shape index (κ3) is 4.35. The van der Waals surface area contributed by atoms with Gasteiger partial charge in [0.25, 0.3) is 5.91 Å². The highest BCUT2D eigenvalue weighted by Crippen LogP contribution is 2.17. The molecule has 4 rings (SSSR count). The van der Waals surface area contributed by atoms with E-state index < -0.39 is 0 Å². The van der Waals surface area contributed by atoms with Crippen molar-refractivity contribution < 1.29 is 9.18 Å². The van der Waals surface area contributed by atoms with Gasteiger partial charge in [0.1, 0.15) is 5.82 Å². The van der Waals surface area contributed by atoms with E-state index in [0.717, 1.165) is 11.1 Å². The van der Waals surface area contributed by atoms with Gasteiger partial charge in [-0.3, -0.25) is 4.79 Å². The largest absolute Gasteiger partial charge is 0.346 e. The lowest BCUT2D eigenvalue weighted by Gasteiger charge is -2.10. The molecule has 0 spiro atoms. The Kier molecular flexibility index (Phi) is 5.39. The van der Waals surface area contributed by atoms with Crippen LogP contribution < -0.4 is 5.32 Å². The Morgan fingerprint density at radius 1 is 1.03 bits per heavy atom. The van der Waals surface area contributed by atoms with Crippen LogP contribution in [0.25, 0.3) is 5.82 Å². The van der Waals surface area contributed by atoms with E-state index in [1.54, 1.807) is 27.4 Å². The number of halogens is 2. The molecule has 0 aliphatic carbocycles. The molecular formula is C21H17ClFN5O. The van der Waals surface area contributed by atoms with Crippen LogP contribution in [0, 0.1) is 5.82 Å². The van der Waals surface area contributed by atoms with E-state index in [4.69, 9.17) is 11.6 Å². The van der Waals surface area contributed by atoms with Gasteiger partial charge in [0.15, 0.2) is 11.5 Å². The molecule has 2 heterocycles. The van der Waals surface area contributed by atoms with Crippen molar-refractivity contribution in [3.63, 3.8) is 0 Å². The second-order valence-electron chi connectivity index (χ2n) is 6.45. The maximum Gasteiger partial charge on any atom is 0.276 e. The predicted octanol–water partition coefficient (Wildman–Crippen LogP) is 3.84. The lowest BCUT2D eigenvalue weighted by Crippen LogP contribution is -2.25. The summed E-state index contributed by atoms with van der Waals surface area (Å²) < 4.78 is 16.5. The van der Waals surface area contributed by atoms with Crippen molar-refractivity contribution in [1.29, 1.82) is 0 Å². The Labute approximate surface area is 171 Å².